The molecule has 6 aromatic carbocycles. The number of anilines is 4. The fourth-order valence-corrected chi connectivity index (χ4v) is 9.57. The molecule has 360 valence electrons. The summed E-state index contributed by atoms with van der Waals surface area (Å²) in [5, 5.41) is 2.24. The average molecular weight is 1090 g/mol. The molecule has 0 N–H and O–H groups in total. The van der Waals surface area contributed by atoms with Gasteiger partial charge in [-0.05, 0) is 121 Å². The van der Waals surface area contributed by atoms with Gasteiger partial charge < -0.3 is 19.1 Å². The minimum absolute atomic E-state index is 0. The van der Waals surface area contributed by atoms with E-state index in [2.05, 4.69) is 246 Å². The Morgan fingerprint density at radius 2 is 1.22 bits per heavy atom. The van der Waals surface area contributed by atoms with E-state index in [-0.39, 0.29) is 37.3 Å². The van der Waals surface area contributed by atoms with Crippen molar-refractivity contribution in [2.75, 3.05) is 9.80 Å². The van der Waals surface area contributed by atoms with Gasteiger partial charge in [0.05, 0.1) is 0 Å². The Morgan fingerprint density at radius 1 is 0.551 bits per heavy atom. The van der Waals surface area contributed by atoms with Crippen molar-refractivity contribution in [1.29, 1.82) is 0 Å². The van der Waals surface area contributed by atoms with Crippen LogP contribution in [-0.2, 0) is 37.3 Å². The largest absolute Gasteiger partial charge is 0.509 e. The molecule has 1 aliphatic rings. The zero-order valence-corrected chi connectivity index (χ0v) is 45.6. The molecule has 0 saturated carbocycles. The zero-order valence-electron chi connectivity index (χ0n) is 43.4. The number of hydrogen-bond donors (Lipinski definition) is 0. The molecule has 0 unspecified atom stereocenters. The first-order chi connectivity index (χ1) is 32.1. The van der Waals surface area contributed by atoms with Gasteiger partial charge >= 0.3 is 0 Å². The second-order valence-corrected chi connectivity index (χ2v) is 23.0. The van der Waals surface area contributed by atoms with Crippen molar-refractivity contribution in [3.05, 3.63) is 174 Å². The van der Waals surface area contributed by atoms with Crippen LogP contribution in [0.3, 0.4) is 0 Å². The van der Waals surface area contributed by atoms with E-state index < -0.39 is 0 Å². The normalized spacial score (nSPS) is 13.3. The van der Waals surface area contributed by atoms with Gasteiger partial charge in [0.25, 0.3) is 0 Å². The Bertz CT molecular complexity index is 3160. The molecule has 1 aliphatic heterocycles. The molecule has 6 heteroatoms. The van der Waals surface area contributed by atoms with Crippen LogP contribution in [0.1, 0.15) is 155 Å². The van der Waals surface area contributed by atoms with E-state index in [0.717, 1.165) is 55.9 Å². The summed E-state index contributed by atoms with van der Waals surface area (Å²) in [6.45, 7) is 36.5. The number of rotatable bonds is 9. The van der Waals surface area contributed by atoms with Gasteiger partial charge in [0.1, 0.15) is 5.82 Å². The number of para-hydroxylation sites is 1. The summed E-state index contributed by atoms with van der Waals surface area (Å²) in [4.78, 5) is 9.55. The molecular formula is C63H69N4OPt-3. The van der Waals surface area contributed by atoms with Crippen molar-refractivity contribution in [1.82, 2.24) is 9.55 Å². The Balaban J connectivity index is 0.00000642. The SMILES string of the molecule is CC(C)c1cc(C(C)C)c(-c2cccc(N3[CH-]N(c4[c-]c(Oc5[c-]c6c(cc5)c5ccccc5n6-c5cc(C(C)(C)C)ccn5)cc(C(C)(C)C)c4)c4ccc(C(C)(C)C)cc43)c2)c(C(C)C)c1.[Pt]. The first-order valence-electron chi connectivity index (χ1n) is 24.6. The van der Waals surface area contributed by atoms with Gasteiger partial charge in [0, 0.05) is 61.3 Å². The van der Waals surface area contributed by atoms with Crippen molar-refractivity contribution in [3.63, 3.8) is 0 Å². The van der Waals surface area contributed by atoms with Crippen molar-refractivity contribution in [3.8, 4) is 28.4 Å². The molecular weight excluding hydrogens is 1020 g/mol. The third kappa shape index (κ3) is 9.66. The molecule has 3 heterocycles. The van der Waals surface area contributed by atoms with E-state index in [4.69, 9.17) is 9.72 Å². The average Bonchev–Trinajstić information content (AvgIpc) is 3.83. The van der Waals surface area contributed by atoms with Gasteiger partial charge in [0.15, 0.2) is 0 Å². The van der Waals surface area contributed by atoms with Gasteiger partial charge in [-0.3, -0.25) is 0 Å². The van der Waals surface area contributed by atoms with Crippen LogP contribution in [-0.4, -0.2) is 9.55 Å². The standard InChI is InChI=1S/C63H69N4O.Pt/c1-39(2)43-30-53(40(3)4)60(54(31-43)41(5)6)42-19-18-20-47(29-42)65-38-66(56-26-23-44(34-58(56)65)61(7,8)9)48-32-46(63(13,14)15)33-50(36-48)68-49-24-25-52-51-21-16-17-22-55(51)67(57(52)37-49)59-35-45(27-28-64-59)62(10,11)12;/h16-35,38-41H,1-15H3;/q-3;. The van der Waals surface area contributed by atoms with Crippen LogP contribution in [0.25, 0.3) is 38.8 Å². The third-order valence-electron chi connectivity index (χ3n) is 13.7. The van der Waals surface area contributed by atoms with E-state index in [1.165, 1.54) is 38.9 Å². The van der Waals surface area contributed by atoms with Crippen molar-refractivity contribution in [2.24, 2.45) is 0 Å². The Labute approximate surface area is 427 Å². The summed E-state index contributed by atoms with van der Waals surface area (Å²) in [5.74, 6) is 3.32. The van der Waals surface area contributed by atoms with Crippen LogP contribution in [0, 0.1) is 18.8 Å². The molecule has 0 aliphatic carbocycles. The van der Waals surface area contributed by atoms with E-state index in [1.807, 2.05) is 12.3 Å². The Kier molecular flexibility index (Phi) is 13.4. The van der Waals surface area contributed by atoms with Gasteiger partial charge in [0.2, 0.25) is 0 Å². The molecule has 0 saturated heterocycles. The van der Waals surface area contributed by atoms with Gasteiger partial charge in [-0.1, -0.05) is 158 Å². The smallest absolute Gasteiger partial charge is 0.135 e. The van der Waals surface area contributed by atoms with Crippen molar-refractivity contribution in [2.45, 2.75) is 138 Å². The number of benzene rings is 6. The van der Waals surface area contributed by atoms with Gasteiger partial charge in [-0.25, -0.2) is 4.98 Å². The maximum atomic E-state index is 6.90. The topological polar surface area (TPSA) is 33.5 Å². The minimum Gasteiger partial charge on any atom is -0.509 e. The molecule has 5 nitrogen and oxygen atoms in total. The second-order valence-electron chi connectivity index (χ2n) is 23.0. The first kappa shape index (κ1) is 49.8. The summed E-state index contributed by atoms with van der Waals surface area (Å²) >= 11 is 0. The molecule has 0 fully saturated rings. The van der Waals surface area contributed by atoms with Crippen LogP contribution >= 0.6 is 0 Å². The predicted molar refractivity (Wildman–Crippen MR) is 288 cm³/mol. The van der Waals surface area contributed by atoms with E-state index in [0.29, 0.717) is 29.3 Å². The monoisotopic (exact) mass is 1090 g/mol. The van der Waals surface area contributed by atoms with Crippen LogP contribution in [0.15, 0.2) is 121 Å². The molecule has 0 atom stereocenters. The summed E-state index contributed by atoms with van der Waals surface area (Å²) in [6.07, 6.45) is 1.91. The molecule has 8 aromatic rings. The van der Waals surface area contributed by atoms with Crippen LogP contribution in [0.2, 0.25) is 0 Å². The van der Waals surface area contributed by atoms with E-state index in [9.17, 15) is 0 Å². The maximum absolute atomic E-state index is 6.90. The van der Waals surface area contributed by atoms with Gasteiger partial charge in [-0.15, -0.1) is 53.6 Å². The Hall–Kier alpha value is -5.64. The summed E-state index contributed by atoms with van der Waals surface area (Å²) in [6, 6.07) is 49.8. The maximum Gasteiger partial charge on any atom is 0.135 e. The van der Waals surface area contributed by atoms with Crippen molar-refractivity contribution < 1.29 is 25.8 Å². The molecule has 69 heavy (non-hydrogen) atoms. The number of pyridine rings is 1. The molecule has 0 bridgehead atoms. The molecule has 9 rings (SSSR count). The second kappa shape index (κ2) is 18.6. The molecule has 0 radical (unpaired) electrons. The number of hydrogen-bond acceptors (Lipinski definition) is 4. The van der Waals surface area contributed by atoms with Gasteiger partial charge in [-0.2, -0.15) is 6.07 Å². The van der Waals surface area contributed by atoms with Crippen molar-refractivity contribution >= 4 is 44.6 Å². The number of ether oxygens (including phenoxy) is 1. The number of aromatic nitrogens is 2. The third-order valence-corrected chi connectivity index (χ3v) is 13.7. The van der Waals surface area contributed by atoms with E-state index in [1.54, 1.807) is 0 Å². The van der Waals surface area contributed by atoms with E-state index >= 15 is 0 Å². The molecule has 0 amide bonds. The fraction of sp³-hybridized carbons (Fsp3) is 0.333. The van der Waals surface area contributed by atoms with Crippen LogP contribution in [0.4, 0.5) is 22.7 Å². The first-order valence-corrected chi connectivity index (χ1v) is 24.6. The molecule has 2 aromatic heterocycles. The summed E-state index contributed by atoms with van der Waals surface area (Å²) in [7, 11) is 0. The van der Waals surface area contributed by atoms with Crippen LogP contribution < -0.4 is 14.5 Å². The zero-order chi connectivity index (χ0) is 48.6. The number of nitrogens with zero attached hydrogens (tertiary/aromatic N) is 4. The Morgan fingerprint density at radius 3 is 1.87 bits per heavy atom. The van der Waals surface area contributed by atoms with Crippen LogP contribution in [0.5, 0.6) is 11.5 Å². The summed E-state index contributed by atoms with van der Waals surface area (Å²) in [5.41, 5.74) is 16.5. The summed E-state index contributed by atoms with van der Waals surface area (Å²) < 4.78 is 9.12. The fourth-order valence-electron chi connectivity index (χ4n) is 9.57. The molecule has 0 spiro atoms. The minimum atomic E-state index is -0.175. The number of fused-ring (bicyclic) bond motifs is 4. The quantitative estimate of drug-likeness (QED) is 0.135. The predicted octanol–water partition coefficient (Wildman–Crippen LogP) is 17.9.